The monoisotopic (exact) mass is 315 g/mol. The highest BCUT2D eigenvalue weighted by atomic mass is 14.9. The van der Waals surface area contributed by atoms with Gasteiger partial charge in [-0.2, -0.15) is 5.26 Å². The summed E-state index contributed by atoms with van der Waals surface area (Å²) in [5.41, 5.74) is 0.742. The van der Waals surface area contributed by atoms with Gasteiger partial charge < -0.3 is 0 Å². The fourth-order valence-electron chi connectivity index (χ4n) is 2.99. The first-order chi connectivity index (χ1) is 11.4. The van der Waals surface area contributed by atoms with Crippen molar-refractivity contribution < 1.29 is 4.57 Å². The minimum absolute atomic E-state index is 0.742. The summed E-state index contributed by atoms with van der Waals surface area (Å²) in [7, 11) is 0. The van der Waals surface area contributed by atoms with Crippen molar-refractivity contribution in [2.45, 2.75) is 96.9 Å². The van der Waals surface area contributed by atoms with Crippen molar-refractivity contribution in [1.82, 2.24) is 0 Å². The molecule has 0 N–H and O–H groups in total. The molecule has 0 radical (unpaired) electrons. The standard InChI is InChI=1S/C21H35N2/c1-2-3-4-5-6-7-8-9-10-11-12-13-14-17-23-18-15-21(20-22)16-19-23/h15-16,18-19H,2-14,17H2,1H3/q+1. The van der Waals surface area contributed by atoms with Gasteiger partial charge in [-0.05, 0) is 6.42 Å². The van der Waals surface area contributed by atoms with Gasteiger partial charge in [-0.25, -0.2) is 4.57 Å². The third kappa shape index (κ3) is 10.9. The van der Waals surface area contributed by atoms with Crippen LogP contribution < -0.4 is 4.57 Å². The van der Waals surface area contributed by atoms with Crippen molar-refractivity contribution in [2.75, 3.05) is 0 Å². The van der Waals surface area contributed by atoms with Gasteiger partial charge in [0.15, 0.2) is 12.4 Å². The van der Waals surface area contributed by atoms with Crippen LogP contribution in [0.2, 0.25) is 0 Å². The van der Waals surface area contributed by atoms with Gasteiger partial charge in [-0.15, -0.1) is 0 Å². The Bertz CT molecular complexity index is 416. The van der Waals surface area contributed by atoms with Crippen LogP contribution in [0.15, 0.2) is 24.5 Å². The molecular weight excluding hydrogens is 280 g/mol. The van der Waals surface area contributed by atoms with Gasteiger partial charge in [0.2, 0.25) is 0 Å². The van der Waals surface area contributed by atoms with E-state index in [1.165, 1.54) is 83.5 Å². The molecule has 0 aliphatic carbocycles. The molecular formula is C21H35N2+. The molecule has 2 heteroatoms. The Morgan fingerprint density at radius 2 is 1.17 bits per heavy atom. The molecule has 1 rings (SSSR count). The predicted molar refractivity (Wildman–Crippen MR) is 97.0 cm³/mol. The van der Waals surface area contributed by atoms with E-state index in [0.717, 1.165) is 12.1 Å². The van der Waals surface area contributed by atoms with Gasteiger partial charge >= 0.3 is 0 Å². The van der Waals surface area contributed by atoms with E-state index in [0.29, 0.717) is 0 Å². The Morgan fingerprint density at radius 1 is 0.739 bits per heavy atom. The molecule has 2 nitrogen and oxygen atoms in total. The molecule has 0 saturated carbocycles. The molecule has 0 unspecified atom stereocenters. The van der Waals surface area contributed by atoms with Crippen molar-refractivity contribution in [1.29, 1.82) is 5.26 Å². The topological polar surface area (TPSA) is 27.7 Å². The van der Waals surface area contributed by atoms with E-state index >= 15 is 0 Å². The number of hydrogen-bond acceptors (Lipinski definition) is 1. The maximum atomic E-state index is 8.77. The molecule has 1 aromatic rings. The van der Waals surface area contributed by atoms with Gasteiger partial charge in [-0.1, -0.05) is 77.6 Å². The smallest absolute Gasteiger partial charge is 0.170 e. The molecule has 0 spiro atoms. The minimum atomic E-state index is 0.742. The van der Waals surface area contributed by atoms with Gasteiger partial charge in [0, 0.05) is 18.6 Å². The molecule has 1 heterocycles. The van der Waals surface area contributed by atoms with Crippen LogP contribution in [0.4, 0.5) is 0 Å². The first-order valence-electron chi connectivity index (χ1n) is 9.76. The second-order valence-electron chi connectivity index (χ2n) is 6.68. The fourth-order valence-corrected chi connectivity index (χ4v) is 2.99. The van der Waals surface area contributed by atoms with Gasteiger partial charge in [0.25, 0.3) is 0 Å². The zero-order valence-electron chi connectivity index (χ0n) is 15.1. The summed E-state index contributed by atoms with van der Waals surface area (Å²) in [4.78, 5) is 0. The number of rotatable bonds is 14. The summed E-state index contributed by atoms with van der Waals surface area (Å²) in [6.45, 7) is 3.35. The van der Waals surface area contributed by atoms with E-state index in [1.54, 1.807) is 0 Å². The molecule has 0 aliphatic rings. The van der Waals surface area contributed by atoms with E-state index in [-0.39, 0.29) is 0 Å². The highest BCUT2D eigenvalue weighted by Crippen LogP contribution is 2.12. The van der Waals surface area contributed by atoms with Crippen LogP contribution in [0.25, 0.3) is 0 Å². The zero-order chi connectivity index (χ0) is 16.6. The zero-order valence-corrected chi connectivity index (χ0v) is 15.1. The van der Waals surface area contributed by atoms with E-state index in [4.69, 9.17) is 5.26 Å². The van der Waals surface area contributed by atoms with Crippen LogP contribution in [0.1, 0.15) is 96.0 Å². The Kier molecular flexibility index (Phi) is 12.2. The molecule has 0 saturated heterocycles. The fraction of sp³-hybridized carbons (Fsp3) is 0.714. The normalized spacial score (nSPS) is 10.6. The first-order valence-corrected chi connectivity index (χ1v) is 9.76. The average Bonchev–Trinajstić information content (AvgIpc) is 2.59. The van der Waals surface area contributed by atoms with Gasteiger partial charge in [0.1, 0.15) is 6.54 Å². The molecule has 128 valence electrons. The van der Waals surface area contributed by atoms with Crippen LogP contribution in [-0.4, -0.2) is 0 Å². The van der Waals surface area contributed by atoms with E-state index in [1.807, 2.05) is 24.5 Å². The van der Waals surface area contributed by atoms with Crippen LogP contribution in [0.5, 0.6) is 0 Å². The highest BCUT2D eigenvalue weighted by Gasteiger charge is 2.00. The summed E-state index contributed by atoms with van der Waals surface area (Å²) < 4.78 is 2.18. The number of hydrogen-bond donors (Lipinski definition) is 0. The van der Waals surface area contributed by atoms with Crippen molar-refractivity contribution in [3.8, 4) is 6.07 Å². The molecule has 23 heavy (non-hydrogen) atoms. The Hall–Kier alpha value is -1.36. The summed E-state index contributed by atoms with van der Waals surface area (Å²) in [6, 6.07) is 5.94. The molecule has 0 aliphatic heterocycles. The van der Waals surface area contributed by atoms with Gasteiger partial charge in [0.05, 0.1) is 11.6 Å². The van der Waals surface area contributed by atoms with Crippen LogP contribution in [0, 0.1) is 11.3 Å². The number of nitriles is 1. The number of aryl methyl sites for hydroxylation is 1. The van der Waals surface area contributed by atoms with E-state index in [9.17, 15) is 0 Å². The van der Waals surface area contributed by atoms with E-state index in [2.05, 4.69) is 17.6 Å². The first kappa shape index (κ1) is 19.7. The highest BCUT2D eigenvalue weighted by molar-refractivity contribution is 5.23. The third-order valence-electron chi connectivity index (χ3n) is 4.54. The molecule has 0 amide bonds. The Balaban J connectivity index is 1.83. The van der Waals surface area contributed by atoms with Crippen molar-refractivity contribution in [2.24, 2.45) is 0 Å². The number of unbranched alkanes of at least 4 members (excludes halogenated alkanes) is 12. The molecule has 0 bridgehead atoms. The molecule has 0 aromatic carbocycles. The Labute approximate surface area is 143 Å². The predicted octanol–water partition coefficient (Wildman–Crippen LogP) is 5.94. The lowest BCUT2D eigenvalue weighted by atomic mass is 10.0. The lowest BCUT2D eigenvalue weighted by Gasteiger charge is -2.02. The molecule has 1 aromatic heterocycles. The summed E-state index contributed by atoms with van der Waals surface area (Å²) in [5, 5.41) is 8.77. The maximum Gasteiger partial charge on any atom is 0.170 e. The number of aromatic nitrogens is 1. The maximum absolute atomic E-state index is 8.77. The van der Waals surface area contributed by atoms with E-state index < -0.39 is 0 Å². The quantitative estimate of drug-likeness (QED) is 0.308. The number of nitrogens with zero attached hydrogens (tertiary/aromatic N) is 2. The second-order valence-corrected chi connectivity index (χ2v) is 6.68. The van der Waals surface area contributed by atoms with Crippen LogP contribution in [-0.2, 0) is 6.54 Å². The third-order valence-corrected chi connectivity index (χ3v) is 4.54. The number of pyridine rings is 1. The lowest BCUT2D eigenvalue weighted by molar-refractivity contribution is -0.697. The van der Waals surface area contributed by atoms with Crippen LogP contribution >= 0.6 is 0 Å². The average molecular weight is 316 g/mol. The van der Waals surface area contributed by atoms with Crippen molar-refractivity contribution in [3.63, 3.8) is 0 Å². The molecule has 0 atom stereocenters. The Morgan fingerprint density at radius 3 is 1.61 bits per heavy atom. The second kappa shape index (κ2) is 14.2. The minimum Gasteiger partial charge on any atom is -0.205 e. The summed E-state index contributed by atoms with van der Waals surface area (Å²) >= 11 is 0. The lowest BCUT2D eigenvalue weighted by Crippen LogP contribution is -2.32. The summed E-state index contributed by atoms with van der Waals surface area (Å²) in [5.74, 6) is 0. The van der Waals surface area contributed by atoms with Gasteiger partial charge in [-0.3, -0.25) is 0 Å². The van der Waals surface area contributed by atoms with Crippen LogP contribution in [0.3, 0.4) is 0 Å². The SMILES string of the molecule is CCCCCCCCCCCCCCC[n+]1ccc(C#N)cc1. The summed E-state index contributed by atoms with van der Waals surface area (Å²) in [6.07, 6.45) is 22.2. The van der Waals surface area contributed by atoms with Crippen molar-refractivity contribution in [3.05, 3.63) is 30.1 Å². The van der Waals surface area contributed by atoms with Crippen molar-refractivity contribution >= 4 is 0 Å². The largest absolute Gasteiger partial charge is 0.205 e. The molecule has 0 fully saturated rings.